The number of aromatic nitrogens is 1. The van der Waals surface area contributed by atoms with Crippen LogP contribution >= 0.6 is 0 Å². The van der Waals surface area contributed by atoms with Crippen molar-refractivity contribution >= 4 is 11.8 Å². The smallest absolute Gasteiger partial charge is 0.342 e. The van der Waals surface area contributed by atoms with Gasteiger partial charge in [0.1, 0.15) is 5.56 Å². The molecule has 0 amide bonds. The molecule has 0 fully saturated rings. The Kier molecular flexibility index (Phi) is 5.39. The summed E-state index contributed by atoms with van der Waals surface area (Å²) in [5.41, 5.74) is 5.75. The zero-order chi connectivity index (χ0) is 17.5. The lowest BCUT2D eigenvalue weighted by Gasteiger charge is -2.14. The van der Waals surface area contributed by atoms with Gasteiger partial charge in [-0.1, -0.05) is 60.7 Å². The maximum absolute atomic E-state index is 12.3. The van der Waals surface area contributed by atoms with Gasteiger partial charge in [0, 0.05) is 11.8 Å². The molecule has 25 heavy (non-hydrogen) atoms. The zero-order valence-corrected chi connectivity index (χ0v) is 13.8. The van der Waals surface area contributed by atoms with Crippen molar-refractivity contribution in [3.63, 3.8) is 0 Å². The van der Waals surface area contributed by atoms with Crippen LogP contribution in [0.2, 0.25) is 0 Å². The first-order valence-electron chi connectivity index (χ1n) is 7.84. The lowest BCUT2D eigenvalue weighted by Crippen LogP contribution is -2.12. The lowest BCUT2D eigenvalue weighted by molar-refractivity contribution is 0.0600. The van der Waals surface area contributed by atoms with Crippen molar-refractivity contribution in [2.75, 3.05) is 12.6 Å². The second-order valence-electron chi connectivity index (χ2n) is 5.32. The molecule has 5 nitrogen and oxygen atoms in total. The molecular weight excluding hydrogens is 316 g/mol. The third kappa shape index (κ3) is 4.02. The first-order chi connectivity index (χ1) is 12.3. The summed E-state index contributed by atoms with van der Waals surface area (Å²) in [7, 11) is 1.35. The molecule has 0 aliphatic heterocycles. The number of methoxy groups -OCH3 is 1. The first kappa shape index (κ1) is 16.7. The molecule has 3 aromatic rings. The number of hydrogen-bond acceptors (Lipinski definition) is 5. The maximum Gasteiger partial charge on any atom is 0.342 e. The topological polar surface area (TPSA) is 60.5 Å². The van der Waals surface area contributed by atoms with Gasteiger partial charge in [0.15, 0.2) is 5.82 Å². The van der Waals surface area contributed by atoms with Crippen molar-refractivity contribution < 1.29 is 14.4 Å². The normalized spacial score (nSPS) is 10.3. The van der Waals surface area contributed by atoms with Crippen LogP contribution in [0.5, 0.6) is 0 Å². The van der Waals surface area contributed by atoms with Crippen molar-refractivity contribution in [2.24, 2.45) is 0 Å². The Morgan fingerprint density at radius 2 is 1.68 bits per heavy atom. The van der Waals surface area contributed by atoms with Gasteiger partial charge in [0.05, 0.1) is 13.7 Å². The van der Waals surface area contributed by atoms with Gasteiger partial charge in [-0.15, -0.1) is 0 Å². The number of nitrogens with zero attached hydrogens (tertiary/aromatic N) is 1. The number of ether oxygens (including phenoxy) is 1. The highest BCUT2D eigenvalue weighted by Crippen LogP contribution is 2.28. The van der Waals surface area contributed by atoms with Gasteiger partial charge in [-0.2, -0.15) is 0 Å². The van der Waals surface area contributed by atoms with Crippen molar-refractivity contribution in [2.45, 2.75) is 6.61 Å². The van der Waals surface area contributed by atoms with E-state index in [1.54, 1.807) is 12.3 Å². The summed E-state index contributed by atoms with van der Waals surface area (Å²) in [6.45, 7) is 0.346. The Labute approximate surface area is 146 Å². The standard InChI is InChI=1S/C20H18N2O3/c1-24-20(23)18-17(16-10-6-3-7-11-16)12-13-21-19(18)22-25-14-15-8-4-2-5-9-15/h2-13H,14H2,1H3,(H,21,22). The van der Waals surface area contributed by atoms with E-state index in [9.17, 15) is 4.79 Å². The molecular formula is C20H18N2O3. The van der Waals surface area contributed by atoms with E-state index < -0.39 is 5.97 Å². The summed E-state index contributed by atoms with van der Waals surface area (Å²) < 4.78 is 4.93. The van der Waals surface area contributed by atoms with E-state index in [4.69, 9.17) is 9.57 Å². The molecule has 0 radical (unpaired) electrons. The van der Waals surface area contributed by atoms with Crippen molar-refractivity contribution in [3.05, 3.63) is 84.1 Å². The summed E-state index contributed by atoms with van der Waals surface area (Å²) in [5.74, 6) is -0.151. The van der Waals surface area contributed by atoms with E-state index in [0.29, 0.717) is 18.0 Å². The fourth-order valence-corrected chi connectivity index (χ4v) is 2.47. The Balaban J connectivity index is 1.87. The summed E-state index contributed by atoms with van der Waals surface area (Å²) in [5, 5.41) is 0. The van der Waals surface area contributed by atoms with E-state index in [1.807, 2.05) is 60.7 Å². The van der Waals surface area contributed by atoms with Crippen LogP contribution in [0.25, 0.3) is 11.1 Å². The number of carbonyl (C=O) groups is 1. The van der Waals surface area contributed by atoms with Gasteiger partial charge in [-0.3, -0.25) is 4.84 Å². The number of carbonyl (C=O) groups excluding carboxylic acids is 1. The number of hydrogen-bond donors (Lipinski definition) is 1. The highest BCUT2D eigenvalue weighted by atomic mass is 16.6. The van der Waals surface area contributed by atoms with E-state index in [0.717, 1.165) is 16.7 Å². The molecule has 0 atom stereocenters. The van der Waals surface area contributed by atoms with Gasteiger partial charge < -0.3 is 4.74 Å². The van der Waals surface area contributed by atoms with Gasteiger partial charge in [0.2, 0.25) is 0 Å². The summed E-state index contributed by atoms with van der Waals surface area (Å²) in [6, 6.07) is 21.1. The molecule has 0 saturated carbocycles. The van der Waals surface area contributed by atoms with Gasteiger partial charge in [0.25, 0.3) is 0 Å². The molecule has 0 saturated heterocycles. The van der Waals surface area contributed by atoms with E-state index in [1.165, 1.54) is 7.11 Å². The van der Waals surface area contributed by atoms with Crippen LogP contribution in [-0.4, -0.2) is 18.1 Å². The lowest BCUT2D eigenvalue weighted by atomic mass is 10.0. The Hall–Kier alpha value is -3.18. The molecule has 5 heteroatoms. The van der Waals surface area contributed by atoms with Crippen LogP contribution in [0.3, 0.4) is 0 Å². The average molecular weight is 334 g/mol. The van der Waals surface area contributed by atoms with Crippen LogP contribution in [0.4, 0.5) is 5.82 Å². The molecule has 126 valence electrons. The molecule has 1 aromatic heterocycles. The predicted octanol–water partition coefficient (Wildman–Crippen LogP) is 4.08. The zero-order valence-electron chi connectivity index (χ0n) is 13.8. The number of pyridine rings is 1. The molecule has 1 heterocycles. The van der Waals surface area contributed by atoms with E-state index in [-0.39, 0.29) is 0 Å². The second-order valence-corrected chi connectivity index (χ2v) is 5.32. The largest absolute Gasteiger partial charge is 0.465 e. The van der Waals surface area contributed by atoms with Gasteiger partial charge in [-0.25, -0.2) is 15.3 Å². The monoisotopic (exact) mass is 334 g/mol. The Bertz CT molecular complexity index is 836. The van der Waals surface area contributed by atoms with Crippen molar-refractivity contribution in [1.29, 1.82) is 0 Å². The maximum atomic E-state index is 12.3. The highest BCUT2D eigenvalue weighted by Gasteiger charge is 2.19. The Morgan fingerprint density at radius 3 is 2.36 bits per heavy atom. The average Bonchev–Trinajstić information content (AvgIpc) is 2.69. The number of nitrogens with one attached hydrogen (secondary N) is 1. The molecule has 2 aromatic carbocycles. The molecule has 3 rings (SSSR count). The van der Waals surface area contributed by atoms with Crippen LogP contribution in [0.1, 0.15) is 15.9 Å². The SMILES string of the molecule is COC(=O)c1c(-c2ccccc2)ccnc1NOCc1ccccc1. The number of rotatable bonds is 6. The van der Waals surface area contributed by atoms with Crippen LogP contribution in [-0.2, 0) is 16.2 Å². The summed E-state index contributed by atoms with van der Waals surface area (Å²) in [6.07, 6.45) is 1.63. The van der Waals surface area contributed by atoms with Crippen LogP contribution < -0.4 is 5.48 Å². The molecule has 0 aliphatic rings. The second kappa shape index (κ2) is 8.08. The Morgan fingerprint density at radius 1 is 1.00 bits per heavy atom. The fourth-order valence-electron chi connectivity index (χ4n) is 2.47. The summed E-state index contributed by atoms with van der Waals surface area (Å²) >= 11 is 0. The minimum atomic E-state index is -0.474. The molecule has 0 aliphatic carbocycles. The molecule has 0 unspecified atom stereocenters. The molecule has 1 N–H and O–H groups in total. The van der Waals surface area contributed by atoms with Crippen LogP contribution in [0, 0.1) is 0 Å². The van der Waals surface area contributed by atoms with Gasteiger partial charge in [-0.05, 0) is 17.2 Å². The van der Waals surface area contributed by atoms with Crippen LogP contribution in [0.15, 0.2) is 72.9 Å². The van der Waals surface area contributed by atoms with Gasteiger partial charge >= 0.3 is 5.97 Å². The number of anilines is 1. The predicted molar refractivity (Wildman–Crippen MR) is 95.9 cm³/mol. The first-order valence-corrected chi connectivity index (χ1v) is 7.84. The highest BCUT2D eigenvalue weighted by molar-refractivity contribution is 6.01. The minimum Gasteiger partial charge on any atom is -0.465 e. The fraction of sp³-hybridized carbons (Fsp3) is 0.100. The third-order valence-corrected chi connectivity index (χ3v) is 3.68. The summed E-state index contributed by atoms with van der Waals surface area (Å²) in [4.78, 5) is 22.0. The molecule has 0 bridgehead atoms. The van der Waals surface area contributed by atoms with E-state index >= 15 is 0 Å². The number of esters is 1. The minimum absolute atomic E-state index is 0.323. The third-order valence-electron chi connectivity index (χ3n) is 3.68. The quantitative estimate of drug-likeness (QED) is 0.544. The van der Waals surface area contributed by atoms with Crippen molar-refractivity contribution in [3.8, 4) is 11.1 Å². The molecule has 0 spiro atoms. The van der Waals surface area contributed by atoms with E-state index in [2.05, 4.69) is 10.5 Å². The number of benzene rings is 2. The van der Waals surface area contributed by atoms with Crippen molar-refractivity contribution in [1.82, 2.24) is 4.98 Å².